The molecule has 1 aliphatic carbocycles. The Morgan fingerprint density at radius 2 is 1.00 bits per heavy atom. The van der Waals surface area contributed by atoms with Crippen LogP contribution >= 0.6 is 45.2 Å². The zero-order valence-corrected chi connectivity index (χ0v) is 19.1. The normalized spacial score (nSPS) is 13.9. The van der Waals surface area contributed by atoms with Crippen molar-refractivity contribution < 1.29 is 0 Å². The smallest absolute Gasteiger partial charge is 0.0174 e. The number of fused-ring (bicyclic) bond motifs is 3. The summed E-state index contributed by atoms with van der Waals surface area (Å²) in [6, 6.07) is 9.63. The van der Waals surface area contributed by atoms with E-state index in [-0.39, 0.29) is 10.8 Å². The van der Waals surface area contributed by atoms with Crippen LogP contribution < -0.4 is 0 Å². The number of hydrogen-bond donors (Lipinski definition) is 0. The molecule has 0 unspecified atom stereocenters. The third kappa shape index (κ3) is 3.22. The highest BCUT2D eigenvalue weighted by molar-refractivity contribution is 14.1. The van der Waals surface area contributed by atoms with Crippen LogP contribution in [0.15, 0.2) is 24.3 Å². The summed E-state index contributed by atoms with van der Waals surface area (Å²) in [5.41, 5.74) is 9.19. The first-order valence-corrected chi connectivity index (χ1v) is 10.3. The third-order valence-electron chi connectivity index (χ3n) is 4.77. The quantitative estimate of drug-likeness (QED) is 0.273. The minimum atomic E-state index is 0.187. The zero-order valence-electron chi connectivity index (χ0n) is 14.8. The van der Waals surface area contributed by atoms with E-state index in [1.54, 1.807) is 0 Å². The van der Waals surface area contributed by atoms with Gasteiger partial charge in [-0.25, -0.2) is 0 Å². The van der Waals surface area contributed by atoms with Gasteiger partial charge in [-0.3, -0.25) is 0 Å². The molecule has 0 saturated heterocycles. The molecular formula is C21H24I2. The number of hydrogen-bond acceptors (Lipinski definition) is 0. The number of halogens is 2. The molecule has 0 aliphatic heterocycles. The largest absolute Gasteiger partial charge is 0.0561 e. The van der Waals surface area contributed by atoms with Crippen LogP contribution in [0.4, 0.5) is 0 Å². The maximum absolute atomic E-state index is 2.52. The highest BCUT2D eigenvalue weighted by Crippen LogP contribution is 2.44. The fraction of sp³-hybridized carbons (Fsp3) is 0.429. The molecule has 3 rings (SSSR count). The van der Waals surface area contributed by atoms with E-state index in [9.17, 15) is 0 Å². The molecule has 0 amide bonds. The lowest BCUT2D eigenvalue weighted by Crippen LogP contribution is -2.12. The standard InChI is InChI=1S/C21H24I2/c1-20(2,3)12-7-14-15-8-13(21(4,5)6)10-19(23)17(15)11-16(14)18(22)9-12/h7-10H,11H2,1-6H3. The van der Waals surface area contributed by atoms with Gasteiger partial charge >= 0.3 is 0 Å². The van der Waals surface area contributed by atoms with Crippen LogP contribution in [0.25, 0.3) is 11.1 Å². The Balaban J connectivity index is 2.27. The first-order valence-electron chi connectivity index (χ1n) is 8.14. The van der Waals surface area contributed by atoms with Crippen molar-refractivity contribution in [1.29, 1.82) is 0 Å². The predicted octanol–water partition coefficient (Wildman–Crippen LogP) is 7.06. The molecule has 0 spiro atoms. The van der Waals surface area contributed by atoms with Gasteiger partial charge in [0.1, 0.15) is 0 Å². The summed E-state index contributed by atoms with van der Waals surface area (Å²) in [6.07, 6.45) is 1.08. The van der Waals surface area contributed by atoms with E-state index in [1.807, 2.05) is 0 Å². The lowest BCUT2D eigenvalue weighted by atomic mass is 9.83. The summed E-state index contributed by atoms with van der Waals surface area (Å²) >= 11 is 5.05. The molecule has 1 aliphatic rings. The average molecular weight is 530 g/mol. The Hall–Kier alpha value is -0.100. The third-order valence-corrected chi connectivity index (χ3v) is 6.69. The van der Waals surface area contributed by atoms with Gasteiger partial charge in [-0.05, 0) is 102 Å². The van der Waals surface area contributed by atoms with Crippen LogP contribution in [0.3, 0.4) is 0 Å². The van der Waals surface area contributed by atoms with Crippen LogP contribution in [0, 0.1) is 7.14 Å². The molecule has 2 heteroatoms. The van der Waals surface area contributed by atoms with Crippen LogP contribution in [0.2, 0.25) is 0 Å². The van der Waals surface area contributed by atoms with Gasteiger partial charge in [0.15, 0.2) is 0 Å². The Bertz CT molecular complexity index is 719. The minimum Gasteiger partial charge on any atom is -0.0561 e. The predicted molar refractivity (Wildman–Crippen MR) is 118 cm³/mol. The Morgan fingerprint density at radius 1 is 0.652 bits per heavy atom. The van der Waals surface area contributed by atoms with Gasteiger partial charge in [0, 0.05) is 13.6 Å². The average Bonchev–Trinajstić information content (AvgIpc) is 2.77. The highest BCUT2D eigenvalue weighted by atomic mass is 127. The van der Waals surface area contributed by atoms with Crippen molar-refractivity contribution in [2.45, 2.75) is 58.8 Å². The van der Waals surface area contributed by atoms with Crippen molar-refractivity contribution in [3.05, 3.63) is 53.7 Å². The maximum Gasteiger partial charge on any atom is 0.0174 e. The molecule has 0 atom stereocenters. The van der Waals surface area contributed by atoms with Gasteiger partial charge in [-0.2, -0.15) is 0 Å². The van der Waals surface area contributed by atoms with Crippen molar-refractivity contribution in [2.24, 2.45) is 0 Å². The van der Waals surface area contributed by atoms with Crippen molar-refractivity contribution in [2.75, 3.05) is 0 Å². The van der Waals surface area contributed by atoms with E-state index >= 15 is 0 Å². The van der Waals surface area contributed by atoms with Crippen molar-refractivity contribution in [3.8, 4) is 11.1 Å². The second kappa shape index (κ2) is 5.72. The first kappa shape index (κ1) is 17.7. The summed E-state index contributed by atoms with van der Waals surface area (Å²) in [5, 5.41) is 0. The fourth-order valence-corrected chi connectivity index (χ4v) is 4.79. The Morgan fingerprint density at radius 3 is 1.30 bits per heavy atom. The second-order valence-electron chi connectivity index (χ2n) is 8.65. The summed E-state index contributed by atoms with van der Waals surface area (Å²) in [4.78, 5) is 0. The van der Waals surface area contributed by atoms with Crippen molar-refractivity contribution >= 4 is 45.2 Å². The number of rotatable bonds is 0. The lowest BCUT2D eigenvalue weighted by molar-refractivity contribution is 0.589. The summed E-state index contributed by atoms with van der Waals surface area (Å²) < 4.78 is 2.82. The topological polar surface area (TPSA) is 0 Å². The highest BCUT2D eigenvalue weighted by Gasteiger charge is 2.28. The molecule has 0 aromatic heterocycles. The molecule has 2 aromatic carbocycles. The molecule has 0 heterocycles. The van der Waals surface area contributed by atoms with Crippen LogP contribution in [0.5, 0.6) is 0 Å². The van der Waals surface area contributed by atoms with Crippen molar-refractivity contribution in [3.63, 3.8) is 0 Å². The monoisotopic (exact) mass is 530 g/mol. The van der Waals surface area contributed by atoms with E-state index in [1.165, 1.54) is 40.5 Å². The fourth-order valence-electron chi connectivity index (χ4n) is 3.16. The Kier molecular flexibility index (Phi) is 4.40. The van der Waals surface area contributed by atoms with E-state index in [2.05, 4.69) is 111 Å². The van der Waals surface area contributed by atoms with Gasteiger partial charge in [0.05, 0.1) is 0 Å². The van der Waals surface area contributed by atoms with Gasteiger partial charge in [-0.15, -0.1) is 0 Å². The minimum absolute atomic E-state index is 0.187. The zero-order chi connectivity index (χ0) is 17.2. The molecule has 0 N–H and O–H groups in total. The molecule has 0 saturated carbocycles. The van der Waals surface area contributed by atoms with Crippen LogP contribution in [-0.4, -0.2) is 0 Å². The molecule has 122 valence electrons. The van der Waals surface area contributed by atoms with Crippen LogP contribution in [-0.2, 0) is 17.3 Å². The summed E-state index contributed by atoms with van der Waals surface area (Å²) in [5.74, 6) is 0. The first-order chi connectivity index (χ1) is 10.5. The molecular weight excluding hydrogens is 506 g/mol. The van der Waals surface area contributed by atoms with Crippen LogP contribution in [0.1, 0.15) is 63.8 Å². The van der Waals surface area contributed by atoms with Gasteiger partial charge in [-0.1, -0.05) is 53.7 Å². The molecule has 0 fully saturated rings. The van der Waals surface area contributed by atoms with Crippen molar-refractivity contribution in [1.82, 2.24) is 0 Å². The molecule has 0 radical (unpaired) electrons. The van der Waals surface area contributed by atoms with E-state index in [4.69, 9.17) is 0 Å². The Labute approximate surface area is 167 Å². The van der Waals surface area contributed by atoms with Gasteiger partial charge < -0.3 is 0 Å². The molecule has 2 aromatic rings. The van der Waals surface area contributed by atoms with Gasteiger partial charge in [0.2, 0.25) is 0 Å². The molecule has 23 heavy (non-hydrogen) atoms. The lowest BCUT2D eigenvalue weighted by Gasteiger charge is -2.22. The molecule has 0 nitrogen and oxygen atoms in total. The summed E-state index contributed by atoms with van der Waals surface area (Å²) in [6.45, 7) is 13.8. The summed E-state index contributed by atoms with van der Waals surface area (Å²) in [7, 11) is 0. The second-order valence-corrected chi connectivity index (χ2v) is 11.0. The van der Waals surface area contributed by atoms with E-state index in [0.29, 0.717) is 0 Å². The van der Waals surface area contributed by atoms with E-state index in [0.717, 1.165) is 6.42 Å². The van der Waals surface area contributed by atoms with Gasteiger partial charge in [0.25, 0.3) is 0 Å². The maximum atomic E-state index is 2.52. The number of benzene rings is 2. The van der Waals surface area contributed by atoms with E-state index < -0.39 is 0 Å². The molecule has 0 bridgehead atoms. The SMILES string of the molecule is CC(C)(C)c1cc(I)c2c(c1)-c1cc(C(C)(C)C)cc(I)c1C2.